The van der Waals surface area contributed by atoms with Gasteiger partial charge in [-0.1, -0.05) is 24.3 Å². The fourth-order valence-electron chi connectivity index (χ4n) is 4.35. The molecule has 0 aliphatic carbocycles. The van der Waals surface area contributed by atoms with Crippen LogP contribution >= 0.6 is 0 Å². The number of rotatable bonds is 8. The Morgan fingerprint density at radius 2 is 1.78 bits per heavy atom. The van der Waals surface area contributed by atoms with Gasteiger partial charge >= 0.3 is 18.8 Å². The standard InChI is InChI=1S/C27H23F6NO6S/c1-26(2,24(35)36)13-17-14-34(41(37,38)18-6-3-5-16(12-18)27(31,32)33)20-11-15(9-10-21(20)39-17)19-7-4-8-22(23(19)28)40-25(29)30/h3-12,17,25H,13-14H2,1-2H3,(H,35,36). The number of carbonyl (C=O) groups is 1. The van der Waals surface area contributed by atoms with Crippen molar-refractivity contribution in [3.63, 3.8) is 0 Å². The fraction of sp³-hybridized carbons (Fsp3) is 0.296. The number of benzene rings is 3. The predicted molar refractivity (Wildman–Crippen MR) is 135 cm³/mol. The highest BCUT2D eigenvalue weighted by atomic mass is 32.2. The van der Waals surface area contributed by atoms with Gasteiger partial charge in [0, 0.05) is 12.0 Å². The number of fused-ring (bicyclic) bond motifs is 1. The van der Waals surface area contributed by atoms with Crippen LogP contribution in [0.5, 0.6) is 11.5 Å². The number of ether oxygens (including phenoxy) is 2. The lowest BCUT2D eigenvalue weighted by Gasteiger charge is -2.38. The molecule has 0 radical (unpaired) electrons. The molecule has 220 valence electrons. The average molecular weight is 604 g/mol. The van der Waals surface area contributed by atoms with Crippen LogP contribution in [0.4, 0.5) is 32.0 Å². The minimum Gasteiger partial charge on any atom is -0.486 e. The van der Waals surface area contributed by atoms with Crippen molar-refractivity contribution in [1.29, 1.82) is 0 Å². The number of hydrogen-bond acceptors (Lipinski definition) is 5. The Morgan fingerprint density at radius 3 is 2.41 bits per heavy atom. The largest absolute Gasteiger partial charge is 0.486 e. The molecule has 0 saturated heterocycles. The molecular formula is C27H23F6NO6S. The normalized spacial score (nSPS) is 15.8. The smallest absolute Gasteiger partial charge is 0.416 e. The molecule has 1 atom stereocenters. The third-order valence-corrected chi connectivity index (χ3v) is 8.22. The minimum atomic E-state index is -4.83. The van der Waals surface area contributed by atoms with E-state index in [2.05, 4.69) is 4.74 Å². The van der Waals surface area contributed by atoms with E-state index in [0.717, 1.165) is 22.5 Å². The van der Waals surface area contributed by atoms with Crippen LogP contribution in [-0.4, -0.2) is 38.8 Å². The van der Waals surface area contributed by atoms with E-state index in [-0.39, 0.29) is 29.0 Å². The first-order valence-corrected chi connectivity index (χ1v) is 13.4. The zero-order chi connectivity index (χ0) is 30.3. The van der Waals surface area contributed by atoms with Crippen LogP contribution in [0.25, 0.3) is 11.1 Å². The first kappa shape index (κ1) is 30.0. The van der Waals surface area contributed by atoms with Crippen LogP contribution in [-0.2, 0) is 21.0 Å². The lowest BCUT2D eigenvalue weighted by Crippen LogP contribution is -2.46. The predicted octanol–water partition coefficient (Wildman–Crippen LogP) is 6.57. The van der Waals surface area contributed by atoms with E-state index in [1.165, 1.54) is 44.2 Å². The molecule has 0 saturated carbocycles. The van der Waals surface area contributed by atoms with Crippen molar-refractivity contribution in [1.82, 2.24) is 0 Å². The summed E-state index contributed by atoms with van der Waals surface area (Å²) in [6.45, 7) is -0.986. The van der Waals surface area contributed by atoms with Crippen molar-refractivity contribution >= 4 is 21.7 Å². The van der Waals surface area contributed by atoms with Crippen LogP contribution in [0, 0.1) is 11.2 Å². The second-order valence-corrected chi connectivity index (χ2v) is 11.7. The van der Waals surface area contributed by atoms with E-state index >= 15 is 4.39 Å². The molecule has 4 rings (SSSR count). The van der Waals surface area contributed by atoms with Crippen molar-refractivity contribution in [2.24, 2.45) is 5.41 Å². The third-order valence-electron chi connectivity index (χ3n) is 6.45. The quantitative estimate of drug-likeness (QED) is 0.293. The maximum absolute atomic E-state index is 15.0. The number of nitrogens with zero attached hydrogens (tertiary/aromatic N) is 1. The van der Waals surface area contributed by atoms with Crippen LogP contribution in [0.2, 0.25) is 0 Å². The molecule has 0 fully saturated rings. The summed E-state index contributed by atoms with van der Waals surface area (Å²) in [6, 6.07) is 10.3. The second kappa shape index (κ2) is 10.8. The number of carboxylic acid groups (broad SMARTS) is 1. The van der Waals surface area contributed by atoms with E-state index in [9.17, 15) is 40.3 Å². The maximum Gasteiger partial charge on any atom is 0.416 e. The molecule has 0 bridgehead atoms. The number of carboxylic acids is 1. The molecule has 1 aliphatic rings. The molecule has 0 spiro atoms. The van der Waals surface area contributed by atoms with E-state index in [1.54, 1.807) is 0 Å². The number of alkyl halides is 5. The van der Waals surface area contributed by atoms with Crippen molar-refractivity contribution < 1.29 is 54.1 Å². The zero-order valence-electron chi connectivity index (χ0n) is 21.5. The molecule has 3 aromatic rings. The molecule has 1 N–H and O–H groups in total. The first-order valence-electron chi connectivity index (χ1n) is 12.0. The molecule has 1 unspecified atom stereocenters. The molecule has 1 heterocycles. The molecule has 0 amide bonds. The summed E-state index contributed by atoms with van der Waals surface area (Å²) in [6.07, 6.45) is -6.03. The number of anilines is 1. The maximum atomic E-state index is 15.0. The van der Waals surface area contributed by atoms with Gasteiger partial charge < -0.3 is 14.6 Å². The Kier molecular flexibility index (Phi) is 7.91. The van der Waals surface area contributed by atoms with Gasteiger partial charge in [0.15, 0.2) is 11.6 Å². The molecule has 0 aromatic heterocycles. The highest BCUT2D eigenvalue weighted by Gasteiger charge is 2.40. The van der Waals surface area contributed by atoms with Crippen LogP contribution < -0.4 is 13.8 Å². The van der Waals surface area contributed by atoms with Gasteiger partial charge in [0.1, 0.15) is 11.9 Å². The Balaban J connectivity index is 1.85. The highest BCUT2D eigenvalue weighted by molar-refractivity contribution is 7.92. The SMILES string of the molecule is CC(C)(CC1CN(S(=O)(=O)c2cccc(C(F)(F)F)c2)c2cc(-c3cccc(OC(F)F)c3F)ccc2O1)C(=O)O. The van der Waals surface area contributed by atoms with E-state index in [0.29, 0.717) is 12.1 Å². The monoisotopic (exact) mass is 603 g/mol. The summed E-state index contributed by atoms with van der Waals surface area (Å²) in [4.78, 5) is 11.0. The van der Waals surface area contributed by atoms with Gasteiger partial charge in [-0.05, 0) is 55.8 Å². The van der Waals surface area contributed by atoms with Gasteiger partial charge in [-0.2, -0.15) is 22.0 Å². The second-order valence-electron chi connectivity index (χ2n) is 9.87. The van der Waals surface area contributed by atoms with Gasteiger partial charge in [-0.15, -0.1) is 0 Å². The number of sulfonamides is 1. The number of halogens is 6. The summed E-state index contributed by atoms with van der Waals surface area (Å²) >= 11 is 0. The minimum absolute atomic E-state index is 0.0260. The zero-order valence-corrected chi connectivity index (χ0v) is 22.3. The van der Waals surface area contributed by atoms with E-state index in [1.807, 2.05) is 0 Å². The third kappa shape index (κ3) is 6.21. The average Bonchev–Trinajstić information content (AvgIpc) is 2.88. The molecule has 7 nitrogen and oxygen atoms in total. The Hall–Kier alpha value is -3.94. The summed E-state index contributed by atoms with van der Waals surface area (Å²) in [5.41, 5.74) is -2.94. The Morgan fingerprint density at radius 1 is 1.10 bits per heavy atom. The van der Waals surface area contributed by atoms with Crippen LogP contribution in [0.3, 0.4) is 0 Å². The lowest BCUT2D eigenvalue weighted by atomic mass is 9.86. The summed E-state index contributed by atoms with van der Waals surface area (Å²) in [5.74, 6) is -3.16. The van der Waals surface area contributed by atoms with Crippen LogP contribution in [0.15, 0.2) is 65.6 Å². The molecule has 41 heavy (non-hydrogen) atoms. The Labute approximate surface area is 231 Å². The fourth-order valence-corrected chi connectivity index (χ4v) is 5.90. The summed E-state index contributed by atoms with van der Waals surface area (Å²) in [7, 11) is -4.71. The van der Waals surface area contributed by atoms with Gasteiger partial charge in [0.05, 0.1) is 28.1 Å². The first-order chi connectivity index (χ1) is 19.0. The van der Waals surface area contributed by atoms with Gasteiger partial charge in [-0.3, -0.25) is 9.10 Å². The molecule has 3 aromatic carbocycles. The van der Waals surface area contributed by atoms with Gasteiger partial charge in [-0.25, -0.2) is 12.8 Å². The van der Waals surface area contributed by atoms with Crippen molar-refractivity contribution in [3.8, 4) is 22.6 Å². The van der Waals surface area contributed by atoms with E-state index in [4.69, 9.17) is 4.74 Å². The van der Waals surface area contributed by atoms with Crippen molar-refractivity contribution in [2.45, 2.75) is 44.1 Å². The number of aliphatic carboxylic acids is 1. The van der Waals surface area contributed by atoms with Crippen LogP contribution in [0.1, 0.15) is 25.8 Å². The summed E-state index contributed by atoms with van der Waals surface area (Å²) < 4.78 is 119. The number of hydrogen-bond donors (Lipinski definition) is 1. The topological polar surface area (TPSA) is 93.1 Å². The summed E-state index contributed by atoms with van der Waals surface area (Å²) in [5, 5.41) is 9.56. The van der Waals surface area contributed by atoms with Crippen molar-refractivity contribution in [2.75, 3.05) is 10.8 Å². The highest BCUT2D eigenvalue weighted by Crippen LogP contribution is 2.43. The molecule has 1 aliphatic heterocycles. The molecule has 14 heteroatoms. The van der Waals surface area contributed by atoms with E-state index < -0.39 is 68.9 Å². The Bertz CT molecular complexity index is 1570. The van der Waals surface area contributed by atoms with Gasteiger partial charge in [0.25, 0.3) is 10.0 Å². The van der Waals surface area contributed by atoms with Gasteiger partial charge in [0.2, 0.25) is 0 Å². The lowest BCUT2D eigenvalue weighted by molar-refractivity contribution is -0.148. The molecular weight excluding hydrogens is 580 g/mol. The van der Waals surface area contributed by atoms with Crippen molar-refractivity contribution in [3.05, 3.63) is 72.0 Å².